The van der Waals surface area contributed by atoms with E-state index < -0.39 is 11.8 Å². The Labute approximate surface area is 220 Å². The van der Waals surface area contributed by atoms with Gasteiger partial charge in [-0.25, -0.2) is 13.9 Å². The number of halogens is 1. The molecule has 198 valence electrons. The number of aromatic carboxylic acids is 1. The third kappa shape index (κ3) is 4.88. The second kappa shape index (κ2) is 10.7. The SMILES string of the molecule is CN/C=C(\N)[C@H]1C[C@@H]1c1c(C(=O)O)cnn1-c1cccc(-c2cccc(C(=O)N3CCCCCC3)c2F)c1. The molecule has 9 heteroatoms. The minimum absolute atomic E-state index is 0.0123. The van der Waals surface area contributed by atoms with Crippen molar-refractivity contribution in [3.8, 4) is 16.8 Å². The minimum atomic E-state index is -1.06. The van der Waals surface area contributed by atoms with Crippen LogP contribution in [0.5, 0.6) is 0 Å². The zero-order chi connectivity index (χ0) is 26.8. The number of nitrogens with one attached hydrogen (secondary N) is 1. The Hall–Kier alpha value is -4.14. The first-order valence-electron chi connectivity index (χ1n) is 13.0. The van der Waals surface area contributed by atoms with E-state index in [1.54, 1.807) is 59.2 Å². The molecule has 0 spiro atoms. The minimum Gasteiger partial charge on any atom is -0.478 e. The van der Waals surface area contributed by atoms with Crippen molar-refractivity contribution >= 4 is 11.9 Å². The summed E-state index contributed by atoms with van der Waals surface area (Å²) in [7, 11) is 1.76. The summed E-state index contributed by atoms with van der Waals surface area (Å²) < 4.78 is 17.4. The van der Waals surface area contributed by atoms with Crippen LogP contribution in [-0.4, -0.2) is 51.8 Å². The lowest BCUT2D eigenvalue weighted by Gasteiger charge is -2.21. The molecule has 0 bridgehead atoms. The molecule has 38 heavy (non-hydrogen) atoms. The van der Waals surface area contributed by atoms with Crippen LogP contribution in [0.1, 0.15) is 64.4 Å². The molecule has 2 aliphatic rings. The number of carboxylic acids is 1. The smallest absolute Gasteiger partial charge is 0.339 e. The van der Waals surface area contributed by atoms with Crippen molar-refractivity contribution in [2.75, 3.05) is 20.1 Å². The number of nitrogens with zero attached hydrogens (tertiary/aromatic N) is 3. The second-order valence-corrected chi connectivity index (χ2v) is 9.97. The van der Waals surface area contributed by atoms with Gasteiger partial charge in [-0.2, -0.15) is 5.10 Å². The fourth-order valence-corrected chi connectivity index (χ4v) is 5.39. The Morgan fingerprint density at radius 3 is 2.55 bits per heavy atom. The number of aromatic nitrogens is 2. The molecule has 1 amide bonds. The Morgan fingerprint density at radius 1 is 1.11 bits per heavy atom. The van der Waals surface area contributed by atoms with E-state index in [9.17, 15) is 14.7 Å². The quantitative estimate of drug-likeness (QED) is 0.425. The number of carboxylic acid groups (broad SMARTS) is 1. The molecule has 2 atom stereocenters. The Kier molecular flexibility index (Phi) is 7.18. The van der Waals surface area contributed by atoms with Crippen LogP contribution in [-0.2, 0) is 0 Å². The van der Waals surface area contributed by atoms with Gasteiger partial charge in [0.05, 0.1) is 23.1 Å². The maximum absolute atomic E-state index is 15.8. The summed E-state index contributed by atoms with van der Waals surface area (Å²) in [5.74, 6) is -1.98. The molecule has 1 aliphatic carbocycles. The van der Waals surface area contributed by atoms with Gasteiger partial charge in [-0.1, -0.05) is 37.1 Å². The van der Waals surface area contributed by atoms with Crippen molar-refractivity contribution in [3.05, 3.63) is 83.2 Å². The lowest BCUT2D eigenvalue weighted by atomic mass is 10.0. The average molecular weight is 518 g/mol. The highest BCUT2D eigenvalue weighted by molar-refractivity contribution is 5.96. The molecular formula is C29H32FN5O3. The summed E-state index contributed by atoms with van der Waals surface area (Å²) in [4.78, 5) is 26.9. The van der Waals surface area contributed by atoms with Crippen LogP contribution in [0.25, 0.3) is 16.8 Å². The molecule has 4 N–H and O–H groups in total. The first-order valence-corrected chi connectivity index (χ1v) is 13.0. The predicted octanol–water partition coefficient (Wildman–Crippen LogP) is 4.52. The third-order valence-corrected chi connectivity index (χ3v) is 7.44. The maximum Gasteiger partial charge on any atom is 0.339 e. The second-order valence-electron chi connectivity index (χ2n) is 9.97. The van der Waals surface area contributed by atoms with Crippen molar-refractivity contribution in [2.24, 2.45) is 11.7 Å². The number of carbonyl (C=O) groups excluding carboxylic acids is 1. The standard InChI is InChI=1S/C29H32FN5O3/c1-32-17-25(31)22-15-23(22)27-24(29(37)38)16-33-35(27)19-9-6-8-18(14-19)20-10-7-11-21(26(20)30)28(36)34-12-4-2-3-5-13-34/h6-11,14,16-17,22-23,32H,2-5,12-13,15,31H2,1H3,(H,37,38)/b25-17-/t22-,23-/m0/s1. The van der Waals surface area contributed by atoms with Gasteiger partial charge in [0.1, 0.15) is 11.4 Å². The van der Waals surface area contributed by atoms with Gasteiger partial charge in [-0.05, 0) is 43.0 Å². The van der Waals surface area contributed by atoms with Crippen molar-refractivity contribution in [2.45, 2.75) is 38.0 Å². The van der Waals surface area contributed by atoms with E-state index in [2.05, 4.69) is 10.4 Å². The zero-order valence-electron chi connectivity index (χ0n) is 21.4. The predicted molar refractivity (Wildman–Crippen MR) is 142 cm³/mol. The fraction of sp³-hybridized carbons (Fsp3) is 0.345. The molecule has 1 aliphatic heterocycles. The fourth-order valence-electron chi connectivity index (χ4n) is 5.39. The summed E-state index contributed by atoms with van der Waals surface area (Å²) in [6.45, 7) is 1.28. The molecule has 5 rings (SSSR count). The van der Waals surface area contributed by atoms with Crippen LogP contribution in [0.4, 0.5) is 4.39 Å². The lowest BCUT2D eigenvalue weighted by Crippen LogP contribution is -2.32. The highest BCUT2D eigenvalue weighted by Gasteiger charge is 2.45. The van der Waals surface area contributed by atoms with Crippen LogP contribution < -0.4 is 11.1 Å². The Bertz CT molecular complexity index is 1390. The highest BCUT2D eigenvalue weighted by Crippen LogP contribution is 2.51. The zero-order valence-corrected chi connectivity index (χ0v) is 21.4. The number of carbonyl (C=O) groups is 2. The molecule has 1 saturated heterocycles. The molecular weight excluding hydrogens is 485 g/mol. The van der Waals surface area contributed by atoms with Gasteiger partial charge in [-0.15, -0.1) is 0 Å². The molecule has 2 aromatic carbocycles. The normalized spacial score (nSPS) is 19.6. The molecule has 8 nitrogen and oxygen atoms in total. The molecule has 2 fully saturated rings. The summed E-state index contributed by atoms with van der Waals surface area (Å²) in [5, 5.41) is 17.1. The van der Waals surface area contributed by atoms with Gasteiger partial charge in [0.15, 0.2) is 0 Å². The summed E-state index contributed by atoms with van der Waals surface area (Å²) in [5.41, 5.74) is 9.07. The number of hydrogen-bond acceptors (Lipinski definition) is 5. The third-order valence-electron chi connectivity index (χ3n) is 7.44. The van der Waals surface area contributed by atoms with Crippen LogP contribution in [0.15, 0.2) is 60.6 Å². The van der Waals surface area contributed by atoms with E-state index in [4.69, 9.17) is 5.73 Å². The first kappa shape index (κ1) is 25.5. The molecule has 0 radical (unpaired) electrons. The van der Waals surface area contributed by atoms with E-state index in [0.29, 0.717) is 47.7 Å². The summed E-state index contributed by atoms with van der Waals surface area (Å²) in [6.07, 6.45) is 7.80. The topological polar surface area (TPSA) is 113 Å². The number of nitrogens with two attached hydrogens (primary N) is 1. The Morgan fingerprint density at radius 2 is 1.84 bits per heavy atom. The summed E-state index contributed by atoms with van der Waals surface area (Å²) >= 11 is 0. The maximum atomic E-state index is 15.8. The number of hydrogen-bond donors (Lipinski definition) is 3. The van der Waals surface area contributed by atoms with Crippen molar-refractivity contribution in [3.63, 3.8) is 0 Å². The van der Waals surface area contributed by atoms with Gasteiger partial charge in [0.25, 0.3) is 5.91 Å². The van der Waals surface area contributed by atoms with Gasteiger partial charge < -0.3 is 21.1 Å². The lowest BCUT2D eigenvalue weighted by molar-refractivity contribution is 0.0694. The van der Waals surface area contributed by atoms with Gasteiger partial charge in [0, 0.05) is 49.4 Å². The molecule has 1 saturated carbocycles. The van der Waals surface area contributed by atoms with E-state index >= 15 is 4.39 Å². The van der Waals surface area contributed by atoms with E-state index in [-0.39, 0.29) is 28.9 Å². The number of rotatable bonds is 7. The van der Waals surface area contributed by atoms with Crippen molar-refractivity contribution in [1.82, 2.24) is 20.0 Å². The van der Waals surface area contributed by atoms with E-state index in [1.807, 2.05) is 0 Å². The number of likely N-dealkylation sites (tertiary alicyclic amines) is 1. The van der Waals surface area contributed by atoms with Gasteiger partial charge >= 0.3 is 5.97 Å². The molecule has 0 unspecified atom stereocenters. The monoisotopic (exact) mass is 517 g/mol. The van der Waals surface area contributed by atoms with Gasteiger partial charge in [0.2, 0.25) is 0 Å². The largest absolute Gasteiger partial charge is 0.478 e. The number of benzene rings is 2. The van der Waals surface area contributed by atoms with Gasteiger partial charge in [-0.3, -0.25) is 4.79 Å². The molecule has 2 heterocycles. The van der Waals surface area contributed by atoms with E-state index in [0.717, 1.165) is 25.7 Å². The van der Waals surface area contributed by atoms with Crippen LogP contribution in [0.2, 0.25) is 0 Å². The van der Waals surface area contributed by atoms with Crippen LogP contribution in [0, 0.1) is 11.7 Å². The average Bonchev–Trinajstić information content (AvgIpc) is 3.65. The van der Waals surface area contributed by atoms with Crippen LogP contribution in [0.3, 0.4) is 0 Å². The number of allylic oxidation sites excluding steroid dienone is 1. The van der Waals surface area contributed by atoms with E-state index in [1.165, 1.54) is 12.3 Å². The number of amides is 1. The Balaban J connectivity index is 1.50. The molecule has 1 aromatic heterocycles. The van der Waals surface area contributed by atoms with Crippen molar-refractivity contribution < 1.29 is 19.1 Å². The highest BCUT2D eigenvalue weighted by atomic mass is 19.1. The van der Waals surface area contributed by atoms with Crippen molar-refractivity contribution in [1.29, 1.82) is 0 Å². The first-order chi connectivity index (χ1) is 18.4. The molecule has 3 aromatic rings. The van der Waals surface area contributed by atoms with Crippen LogP contribution >= 0.6 is 0 Å². The summed E-state index contributed by atoms with van der Waals surface area (Å²) in [6, 6.07) is 12.0.